The van der Waals surface area contributed by atoms with Crippen molar-refractivity contribution in [2.75, 3.05) is 13.1 Å². The van der Waals surface area contributed by atoms with E-state index < -0.39 is 17.0 Å². The van der Waals surface area contributed by atoms with E-state index in [9.17, 15) is 9.35 Å². The van der Waals surface area contributed by atoms with Gasteiger partial charge in [0.05, 0.1) is 17.2 Å². The summed E-state index contributed by atoms with van der Waals surface area (Å²) in [7, 11) is 0. The number of thiazole rings is 1. The molecule has 1 aliphatic carbocycles. The Hall–Kier alpha value is -0.830. The van der Waals surface area contributed by atoms with E-state index in [1.54, 1.807) is 16.2 Å². The molecule has 6 nitrogen and oxygen atoms in total. The molecular formula is C19H31N3O3S2. The van der Waals surface area contributed by atoms with Crippen LogP contribution >= 0.6 is 11.3 Å². The zero-order valence-electron chi connectivity index (χ0n) is 17.1. The summed E-state index contributed by atoms with van der Waals surface area (Å²) in [6.07, 6.45) is 2.35. The van der Waals surface area contributed by atoms with E-state index in [0.717, 1.165) is 25.0 Å². The second-order valence-electron chi connectivity index (χ2n) is 9.60. The Labute approximate surface area is 169 Å². The lowest BCUT2D eigenvalue weighted by Gasteiger charge is -2.43. The zero-order valence-corrected chi connectivity index (χ0v) is 18.8. The van der Waals surface area contributed by atoms with E-state index in [4.69, 9.17) is 4.74 Å². The minimum absolute atomic E-state index is 0.0286. The molecule has 1 N–H and O–H groups in total. The Morgan fingerprint density at radius 1 is 1.33 bits per heavy atom. The van der Waals surface area contributed by atoms with Gasteiger partial charge >= 0.3 is 6.09 Å². The van der Waals surface area contributed by atoms with Crippen LogP contribution in [0.3, 0.4) is 0 Å². The first-order chi connectivity index (χ1) is 12.4. The molecule has 0 aromatic carbocycles. The summed E-state index contributed by atoms with van der Waals surface area (Å²) in [6.45, 7) is 12.9. The number of piperidine rings is 1. The average Bonchev–Trinajstić information content (AvgIpc) is 3.07. The van der Waals surface area contributed by atoms with Crippen LogP contribution in [0.15, 0.2) is 5.51 Å². The number of hydrogen-bond acceptors (Lipinski definition) is 6. The van der Waals surface area contributed by atoms with Crippen LogP contribution in [-0.2, 0) is 22.5 Å². The van der Waals surface area contributed by atoms with E-state index in [0.29, 0.717) is 13.1 Å². The highest BCUT2D eigenvalue weighted by molar-refractivity contribution is 7.90. The van der Waals surface area contributed by atoms with Crippen LogP contribution < -0.4 is 4.72 Å². The Morgan fingerprint density at radius 3 is 2.52 bits per heavy atom. The molecule has 1 aliphatic heterocycles. The molecule has 2 aliphatic rings. The molecule has 1 fully saturated rings. The maximum Gasteiger partial charge on any atom is 0.410 e. The SMILES string of the molecule is CC(C)(C)OC(=O)N1CCC2(CC1)Cc1ncsc1[C@@H]2N[S@@+]([O-])C(C)(C)C. The number of rotatable bonds is 2. The van der Waals surface area contributed by atoms with Crippen molar-refractivity contribution in [3.8, 4) is 0 Å². The van der Waals surface area contributed by atoms with Crippen molar-refractivity contribution in [1.29, 1.82) is 0 Å². The first kappa shape index (κ1) is 20.9. The second-order valence-corrected chi connectivity index (χ2v) is 12.5. The number of nitrogens with one attached hydrogen (secondary N) is 1. The molecule has 1 spiro atoms. The topological polar surface area (TPSA) is 77.5 Å². The quantitative estimate of drug-likeness (QED) is 0.746. The highest BCUT2D eigenvalue weighted by Gasteiger charge is 2.52. The number of likely N-dealkylation sites (tertiary alicyclic amines) is 1. The van der Waals surface area contributed by atoms with Crippen LogP contribution in [0, 0.1) is 5.41 Å². The molecule has 1 aromatic heterocycles. The second kappa shape index (κ2) is 7.21. The highest BCUT2D eigenvalue weighted by Crippen LogP contribution is 2.53. The first-order valence-electron chi connectivity index (χ1n) is 9.50. The lowest BCUT2D eigenvalue weighted by Crippen LogP contribution is -2.51. The summed E-state index contributed by atoms with van der Waals surface area (Å²) in [6, 6.07) is 0.0286. The van der Waals surface area contributed by atoms with Crippen LogP contribution in [-0.4, -0.2) is 44.0 Å². The van der Waals surface area contributed by atoms with Crippen molar-refractivity contribution in [1.82, 2.24) is 14.6 Å². The number of carbonyl (C=O) groups is 1. The third-order valence-electron chi connectivity index (χ3n) is 5.26. The summed E-state index contributed by atoms with van der Waals surface area (Å²) in [5.74, 6) is 0. The third kappa shape index (κ3) is 4.44. The molecule has 1 saturated heterocycles. The van der Waals surface area contributed by atoms with Gasteiger partial charge in [0.2, 0.25) is 0 Å². The van der Waals surface area contributed by atoms with Crippen molar-refractivity contribution >= 4 is 28.8 Å². The molecule has 2 heterocycles. The molecule has 0 saturated carbocycles. The zero-order chi connectivity index (χ0) is 20.0. The molecule has 0 bridgehead atoms. The van der Waals surface area contributed by atoms with E-state index in [1.807, 2.05) is 47.1 Å². The van der Waals surface area contributed by atoms with Crippen molar-refractivity contribution < 1.29 is 14.1 Å². The molecule has 0 radical (unpaired) electrons. The van der Waals surface area contributed by atoms with Gasteiger partial charge in [-0.15, -0.1) is 16.1 Å². The fourth-order valence-electron chi connectivity index (χ4n) is 3.75. The lowest BCUT2D eigenvalue weighted by molar-refractivity contribution is 0.00718. The van der Waals surface area contributed by atoms with E-state index in [-0.39, 0.29) is 22.3 Å². The van der Waals surface area contributed by atoms with Gasteiger partial charge in [-0.2, -0.15) is 0 Å². The maximum absolute atomic E-state index is 12.8. The number of carbonyl (C=O) groups excluding carboxylic acids is 1. The van der Waals surface area contributed by atoms with Gasteiger partial charge in [0, 0.05) is 34.7 Å². The lowest BCUT2D eigenvalue weighted by atomic mass is 9.74. The van der Waals surface area contributed by atoms with Gasteiger partial charge < -0.3 is 14.2 Å². The van der Waals surface area contributed by atoms with Crippen LogP contribution in [0.5, 0.6) is 0 Å². The van der Waals surface area contributed by atoms with Crippen LogP contribution in [0.4, 0.5) is 4.79 Å². The molecular weight excluding hydrogens is 382 g/mol. The number of fused-ring (bicyclic) bond motifs is 1. The fraction of sp³-hybridized carbons (Fsp3) is 0.789. The molecule has 1 amide bonds. The van der Waals surface area contributed by atoms with Gasteiger partial charge in [-0.3, -0.25) is 0 Å². The van der Waals surface area contributed by atoms with Gasteiger partial charge in [-0.1, -0.05) is 0 Å². The number of hydrogen-bond donors (Lipinski definition) is 1. The molecule has 3 rings (SSSR count). The summed E-state index contributed by atoms with van der Waals surface area (Å²) in [5.41, 5.74) is 2.48. The Balaban J connectivity index is 1.73. The van der Waals surface area contributed by atoms with Gasteiger partial charge in [0.25, 0.3) is 0 Å². The van der Waals surface area contributed by atoms with E-state index in [2.05, 4.69) is 9.71 Å². The predicted octanol–water partition coefficient (Wildman–Crippen LogP) is 3.81. The molecule has 8 heteroatoms. The molecule has 2 atom stereocenters. The minimum Gasteiger partial charge on any atom is -0.598 e. The van der Waals surface area contributed by atoms with Crippen molar-refractivity contribution in [3.05, 3.63) is 16.1 Å². The number of amides is 1. The Bertz CT molecular complexity index is 685. The number of ether oxygens (including phenoxy) is 1. The molecule has 0 unspecified atom stereocenters. The number of aromatic nitrogens is 1. The predicted molar refractivity (Wildman–Crippen MR) is 109 cm³/mol. The smallest absolute Gasteiger partial charge is 0.410 e. The first-order valence-corrected chi connectivity index (χ1v) is 11.5. The van der Waals surface area contributed by atoms with E-state index in [1.165, 1.54) is 4.88 Å². The van der Waals surface area contributed by atoms with Crippen LogP contribution in [0.25, 0.3) is 0 Å². The summed E-state index contributed by atoms with van der Waals surface area (Å²) >= 11 is 0.489. The minimum atomic E-state index is -1.15. The van der Waals surface area contributed by atoms with Crippen LogP contribution in [0.2, 0.25) is 0 Å². The third-order valence-corrected chi connectivity index (χ3v) is 7.76. The van der Waals surface area contributed by atoms with Gasteiger partial charge in [-0.05, 0) is 60.8 Å². The summed E-state index contributed by atoms with van der Waals surface area (Å²) < 4.78 is 21.4. The number of nitrogens with zero attached hydrogens (tertiary/aromatic N) is 2. The van der Waals surface area contributed by atoms with Crippen molar-refractivity contribution in [2.45, 2.75) is 77.2 Å². The van der Waals surface area contributed by atoms with Crippen molar-refractivity contribution in [2.24, 2.45) is 5.41 Å². The Kier molecular flexibility index (Phi) is 5.58. The monoisotopic (exact) mass is 413 g/mol. The summed E-state index contributed by atoms with van der Waals surface area (Å²) in [4.78, 5) is 20.0. The van der Waals surface area contributed by atoms with Gasteiger partial charge in [0.15, 0.2) is 0 Å². The van der Waals surface area contributed by atoms with E-state index >= 15 is 0 Å². The summed E-state index contributed by atoms with van der Waals surface area (Å²) in [5, 5.41) is 0. The standard InChI is InChI=1S/C19H31N3O3S2/c1-17(2,3)25-16(23)22-9-7-19(8-10-22)11-13-14(26-12-20-13)15(19)21-27(24)18(4,5)6/h12,15,21H,7-11H2,1-6H3/t15-,27-/m0/s1. The normalized spacial score (nSPS) is 23.4. The molecule has 152 valence electrons. The molecule has 1 aromatic rings. The Morgan fingerprint density at radius 2 is 1.96 bits per heavy atom. The fourth-order valence-corrected chi connectivity index (χ4v) is 5.76. The van der Waals surface area contributed by atoms with Crippen LogP contribution in [0.1, 0.15) is 71.0 Å². The highest BCUT2D eigenvalue weighted by atomic mass is 32.2. The molecule has 27 heavy (non-hydrogen) atoms. The largest absolute Gasteiger partial charge is 0.598 e. The van der Waals surface area contributed by atoms with Crippen molar-refractivity contribution in [3.63, 3.8) is 0 Å². The average molecular weight is 414 g/mol. The van der Waals surface area contributed by atoms with Gasteiger partial charge in [0.1, 0.15) is 10.3 Å². The maximum atomic E-state index is 12.8. The van der Waals surface area contributed by atoms with Gasteiger partial charge in [-0.25, -0.2) is 9.78 Å².